The zero-order chi connectivity index (χ0) is 8.08. The first-order chi connectivity index (χ1) is 3.73. The van der Waals surface area contributed by atoms with Gasteiger partial charge in [0.1, 0.15) is 0 Å². The molecule has 0 aromatic carbocycles. The SMILES string of the molecule is [O]=[Mn](=[O])([OH])[OH].[O]=[Nb](=[O])[OH]. The molecule has 9 heteroatoms. The molecule has 0 aliphatic heterocycles. The average molecular weight is 263 g/mol. The Hall–Kier alpha value is 0.340. The van der Waals surface area contributed by atoms with Crippen molar-refractivity contribution in [1.82, 2.24) is 0 Å². The number of hydrogen-bond acceptors (Lipinski definition) is 4. The Morgan fingerprint density at radius 2 is 1.11 bits per heavy atom. The van der Waals surface area contributed by atoms with Crippen LogP contribution in [0.2, 0.25) is 0 Å². The van der Waals surface area contributed by atoms with Crippen molar-refractivity contribution in [3.8, 4) is 0 Å². The van der Waals surface area contributed by atoms with E-state index in [1.807, 2.05) is 0 Å². The molecule has 0 aliphatic carbocycles. The molecule has 0 rings (SSSR count). The zero-order valence-corrected chi connectivity index (χ0v) is 7.18. The Balaban J connectivity index is 0. The summed E-state index contributed by atoms with van der Waals surface area (Å²) < 4.78 is 56.4. The molecular weight excluding hydrogens is 260 g/mol. The molecule has 0 radical (unpaired) electrons. The summed E-state index contributed by atoms with van der Waals surface area (Å²) in [5, 5.41) is 0. The van der Waals surface area contributed by atoms with E-state index in [2.05, 4.69) is 0 Å². The van der Waals surface area contributed by atoms with Gasteiger partial charge in [0.15, 0.2) is 0 Å². The predicted octanol–water partition coefficient (Wildman–Crippen LogP) is -2.15. The molecule has 0 aliphatic rings. The van der Waals surface area contributed by atoms with Crippen molar-refractivity contribution in [2.75, 3.05) is 0 Å². The second-order valence-electron chi connectivity index (χ2n) is 0.652. The summed E-state index contributed by atoms with van der Waals surface area (Å²) in [6, 6.07) is 0. The molecule has 0 amide bonds. The second-order valence-corrected chi connectivity index (χ2v) is 3.12. The van der Waals surface area contributed by atoms with E-state index in [1.165, 1.54) is 0 Å². The molecule has 0 saturated heterocycles. The van der Waals surface area contributed by atoms with E-state index in [9.17, 15) is 0 Å². The Labute approximate surface area is 58.5 Å². The van der Waals surface area contributed by atoms with Gasteiger partial charge in [-0.25, -0.2) is 0 Å². The molecule has 0 bridgehead atoms. The first-order valence-electron chi connectivity index (χ1n) is 1.21. The number of hydrogen-bond donors (Lipinski definition) is 3. The van der Waals surface area contributed by atoms with Crippen molar-refractivity contribution in [2.24, 2.45) is 0 Å². The van der Waals surface area contributed by atoms with E-state index >= 15 is 0 Å². The number of rotatable bonds is 0. The van der Waals surface area contributed by atoms with Crippen LogP contribution in [0.15, 0.2) is 0 Å². The van der Waals surface area contributed by atoms with Gasteiger partial charge in [-0.2, -0.15) is 0 Å². The van der Waals surface area contributed by atoms with Crippen LogP contribution in [0.1, 0.15) is 0 Å². The van der Waals surface area contributed by atoms with Crippen LogP contribution in [0.4, 0.5) is 0 Å². The van der Waals surface area contributed by atoms with Crippen LogP contribution in [-0.2, 0) is 46.3 Å². The molecular formula is H3MnNbO7. The van der Waals surface area contributed by atoms with E-state index in [0.717, 1.165) is 0 Å². The monoisotopic (exact) mass is 263 g/mol. The Morgan fingerprint density at radius 1 is 1.11 bits per heavy atom. The van der Waals surface area contributed by atoms with Crippen LogP contribution < -0.4 is 0 Å². The van der Waals surface area contributed by atoms with Crippen molar-refractivity contribution in [2.45, 2.75) is 0 Å². The summed E-state index contributed by atoms with van der Waals surface area (Å²) in [7, 11) is 0. The van der Waals surface area contributed by atoms with Crippen LogP contribution in [0.25, 0.3) is 0 Å². The Bertz CT molecular complexity index is 189. The molecule has 0 saturated carbocycles. The molecule has 0 spiro atoms. The van der Waals surface area contributed by atoms with Gasteiger partial charge < -0.3 is 0 Å². The van der Waals surface area contributed by atoms with Crippen LogP contribution >= 0.6 is 0 Å². The first-order valence-corrected chi connectivity index (χ1v) is 6.01. The fourth-order valence-corrected chi connectivity index (χ4v) is 0. The topological polar surface area (TPSA) is 129 Å². The molecule has 0 fully saturated rings. The summed E-state index contributed by atoms with van der Waals surface area (Å²) in [4.78, 5) is 0. The standard InChI is InChI=1S/Mn.Nb.3H2O.4O/h;;3*1H2;;;;/q+2;+1;;;;;;;/p-3. The Morgan fingerprint density at radius 3 is 1.11 bits per heavy atom. The van der Waals surface area contributed by atoms with E-state index < -0.39 is 32.2 Å². The van der Waals surface area contributed by atoms with Crippen LogP contribution in [0.3, 0.4) is 0 Å². The maximum atomic E-state index is 8.80. The van der Waals surface area contributed by atoms with E-state index in [1.54, 1.807) is 0 Å². The van der Waals surface area contributed by atoms with Gasteiger partial charge in [0.2, 0.25) is 0 Å². The summed E-state index contributed by atoms with van der Waals surface area (Å²) >= 11 is -9.08. The fraction of sp³-hybridized carbons (Fsp3) is 0. The van der Waals surface area contributed by atoms with Crippen molar-refractivity contribution >= 4 is 0 Å². The molecule has 0 aromatic rings. The van der Waals surface area contributed by atoms with Gasteiger partial charge in [-0.1, -0.05) is 0 Å². The van der Waals surface area contributed by atoms with E-state index in [-0.39, 0.29) is 0 Å². The molecule has 9 heavy (non-hydrogen) atoms. The molecule has 0 atom stereocenters. The molecule has 0 heterocycles. The first kappa shape index (κ1) is 12.1. The fourth-order valence-electron chi connectivity index (χ4n) is 0. The van der Waals surface area contributed by atoms with Crippen molar-refractivity contribution in [3.63, 3.8) is 0 Å². The summed E-state index contributed by atoms with van der Waals surface area (Å²) in [6.45, 7) is 0. The van der Waals surface area contributed by atoms with Crippen LogP contribution in [0.5, 0.6) is 0 Å². The quantitative estimate of drug-likeness (QED) is 0.425. The predicted molar refractivity (Wildman–Crippen MR) is 9.40 cm³/mol. The van der Waals surface area contributed by atoms with Gasteiger partial charge in [-0.3, -0.25) is 0 Å². The normalized spacial score (nSPS) is 9.22. The minimum atomic E-state index is -5.12. The Kier molecular flexibility index (Phi) is 6.90. The van der Waals surface area contributed by atoms with Crippen LogP contribution in [0, 0.1) is 0 Å². The van der Waals surface area contributed by atoms with Crippen LogP contribution in [-0.4, -0.2) is 12.0 Å². The minimum absolute atomic E-state index is 3.95. The van der Waals surface area contributed by atoms with E-state index in [4.69, 9.17) is 26.2 Å². The third-order valence-electron chi connectivity index (χ3n) is 0. The molecule has 0 unspecified atom stereocenters. The molecule has 3 N–H and O–H groups in total. The van der Waals surface area contributed by atoms with Gasteiger partial charge in [0.25, 0.3) is 0 Å². The average Bonchev–Trinajstić information content (AvgIpc) is 1.19. The summed E-state index contributed by atoms with van der Waals surface area (Å²) in [6.07, 6.45) is 0. The van der Waals surface area contributed by atoms with E-state index in [0.29, 0.717) is 0 Å². The summed E-state index contributed by atoms with van der Waals surface area (Å²) in [5.74, 6) is 0. The van der Waals surface area contributed by atoms with Gasteiger partial charge >= 0.3 is 58.3 Å². The van der Waals surface area contributed by atoms with Gasteiger partial charge in [-0.15, -0.1) is 0 Å². The third-order valence-corrected chi connectivity index (χ3v) is 0. The summed E-state index contributed by atoms with van der Waals surface area (Å²) in [5.41, 5.74) is 0. The van der Waals surface area contributed by atoms with Crippen molar-refractivity contribution in [1.29, 1.82) is 0 Å². The van der Waals surface area contributed by atoms with Gasteiger partial charge in [0.05, 0.1) is 0 Å². The third kappa shape index (κ3) is 2900. The second kappa shape index (κ2) is 5.15. The zero-order valence-electron chi connectivity index (χ0n) is 3.80. The molecule has 7 nitrogen and oxygen atoms in total. The van der Waals surface area contributed by atoms with Gasteiger partial charge in [0, 0.05) is 0 Å². The maximum absolute atomic E-state index is 8.80. The van der Waals surface area contributed by atoms with Crippen molar-refractivity contribution in [3.05, 3.63) is 0 Å². The molecule has 57 valence electrons. The van der Waals surface area contributed by atoms with Gasteiger partial charge in [-0.05, 0) is 0 Å². The molecule has 0 aromatic heterocycles. The van der Waals surface area contributed by atoms with Crippen molar-refractivity contribution < 1.29 is 58.3 Å².